The van der Waals surface area contributed by atoms with Crippen molar-refractivity contribution in [3.63, 3.8) is 0 Å². The number of rotatable bonds is 12. The van der Waals surface area contributed by atoms with Gasteiger partial charge in [0.2, 0.25) is 0 Å². The Labute approximate surface area is 120 Å². The molecule has 4 nitrogen and oxygen atoms in total. The molecule has 0 bridgehead atoms. The van der Waals surface area contributed by atoms with E-state index >= 15 is 0 Å². The molecule has 114 valence electrons. The van der Waals surface area contributed by atoms with Crippen molar-refractivity contribution in [2.45, 2.75) is 46.0 Å². The van der Waals surface area contributed by atoms with Crippen LogP contribution in [0.15, 0.2) is 12.7 Å². The van der Waals surface area contributed by atoms with Gasteiger partial charge in [-0.15, -0.1) is 6.58 Å². The van der Waals surface area contributed by atoms with E-state index in [1.165, 1.54) is 0 Å². The molecule has 0 aliphatic heterocycles. The van der Waals surface area contributed by atoms with Crippen LogP contribution in [0.25, 0.3) is 0 Å². The van der Waals surface area contributed by atoms with Crippen molar-refractivity contribution < 1.29 is 17.7 Å². The first-order valence-electron chi connectivity index (χ1n) is 7.18. The predicted molar refractivity (Wildman–Crippen MR) is 83.7 cm³/mol. The lowest BCUT2D eigenvalue weighted by molar-refractivity contribution is 0.167. The molecule has 0 N–H and O–H groups in total. The van der Waals surface area contributed by atoms with E-state index in [-0.39, 0.29) is 0 Å². The molecule has 0 saturated carbocycles. The van der Waals surface area contributed by atoms with Gasteiger partial charge < -0.3 is 17.7 Å². The van der Waals surface area contributed by atoms with Gasteiger partial charge in [0.15, 0.2) is 0 Å². The molecular weight excluding hydrogens is 276 g/mol. The second kappa shape index (κ2) is 9.85. The average Bonchev–Trinajstić information content (AvgIpc) is 2.30. The average molecular weight is 307 g/mol. The SMILES string of the molecule is C=CC[Si](C[Si](C)(OCC)OCC)(OCC)OCC. The Hall–Kier alpha value is 0.0138. The second-order valence-corrected chi connectivity index (χ2v) is 11.5. The lowest BCUT2D eigenvalue weighted by atomic mass is 10.8. The molecule has 0 aromatic heterocycles. The molecule has 19 heavy (non-hydrogen) atoms. The fourth-order valence-corrected chi connectivity index (χ4v) is 11.6. The molecule has 0 aliphatic carbocycles. The minimum atomic E-state index is -2.31. The van der Waals surface area contributed by atoms with E-state index in [4.69, 9.17) is 17.7 Å². The van der Waals surface area contributed by atoms with Crippen molar-refractivity contribution in [3.05, 3.63) is 12.7 Å². The van der Waals surface area contributed by atoms with Gasteiger partial charge in [-0.25, -0.2) is 0 Å². The lowest BCUT2D eigenvalue weighted by Crippen LogP contribution is -2.53. The predicted octanol–water partition coefficient (Wildman–Crippen LogP) is 3.37. The van der Waals surface area contributed by atoms with Gasteiger partial charge in [-0.3, -0.25) is 0 Å². The van der Waals surface area contributed by atoms with Crippen LogP contribution in [-0.2, 0) is 17.7 Å². The highest BCUT2D eigenvalue weighted by molar-refractivity contribution is 6.85. The van der Waals surface area contributed by atoms with Gasteiger partial charge in [-0.1, -0.05) is 6.08 Å². The third-order valence-electron chi connectivity index (χ3n) is 2.76. The first-order valence-corrected chi connectivity index (χ1v) is 11.9. The normalized spacial score (nSPS) is 12.7. The molecule has 0 aromatic rings. The van der Waals surface area contributed by atoms with E-state index in [1.54, 1.807) is 0 Å². The summed E-state index contributed by atoms with van der Waals surface area (Å²) in [7, 11) is -4.54. The van der Waals surface area contributed by atoms with Crippen LogP contribution in [-0.4, -0.2) is 43.5 Å². The molecule has 0 aliphatic rings. The van der Waals surface area contributed by atoms with Crippen molar-refractivity contribution in [3.8, 4) is 0 Å². The van der Waals surface area contributed by atoms with E-state index < -0.39 is 17.1 Å². The molecule has 0 unspecified atom stereocenters. The van der Waals surface area contributed by atoms with Gasteiger partial charge >= 0.3 is 17.1 Å². The van der Waals surface area contributed by atoms with Gasteiger partial charge in [-0.2, -0.15) is 0 Å². The molecule has 0 amide bonds. The van der Waals surface area contributed by atoms with Gasteiger partial charge in [-0.05, 0) is 34.2 Å². The van der Waals surface area contributed by atoms with Crippen molar-refractivity contribution in [1.29, 1.82) is 0 Å². The number of hydrogen-bond donors (Lipinski definition) is 0. The van der Waals surface area contributed by atoms with Crippen LogP contribution in [0, 0.1) is 0 Å². The smallest absolute Gasteiger partial charge is 0.343 e. The maximum atomic E-state index is 6.02. The van der Waals surface area contributed by atoms with E-state index in [2.05, 4.69) is 13.1 Å². The van der Waals surface area contributed by atoms with Crippen LogP contribution in [0.1, 0.15) is 27.7 Å². The Balaban J connectivity index is 5.04. The summed E-state index contributed by atoms with van der Waals surface area (Å²) in [6.45, 7) is 16.6. The van der Waals surface area contributed by atoms with Gasteiger partial charge in [0, 0.05) is 38.1 Å². The molecule has 6 heteroatoms. The minimum absolute atomic E-state index is 0.656. The molecule has 0 saturated heterocycles. The summed E-state index contributed by atoms with van der Waals surface area (Å²) < 4.78 is 23.9. The zero-order chi connectivity index (χ0) is 14.8. The van der Waals surface area contributed by atoms with Crippen LogP contribution in [0.3, 0.4) is 0 Å². The maximum absolute atomic E-state index is 6.02. The van der Waals surface area contributed by atoms with E-state index in [9.17, 15) is 0 Å². The van der Waals surface area contributed by atoms with Crippen molar-refractivity contribution >= 4 is 17.1 Å². The van der Waals surface area contributed by atoms with Crippen molar-refractivity contribution in [1.82, 2.24) is 0 Å². The Bertz CT molecular complexity index is 237. The summed E-state index contributed by atoms with van der Waals surface area (Å²) in [5.74, 6) is 0. The Morgan fingerprint density at radius 2 is 1.26 bits per heavy atom. The molecule has 0 fully saturated rings. The maximum Gasteiger partial charge on any atom is 0.343 e. The van der Waals surface area contributed by atoms with Crippen LogP contribution in [0.4, 0.5) is 0 Å². The highest BCUT2D eigenvalue weighted by Crippen LogP contribution is 2.28. The second-order valence-electron chi connectivity index (χ2n) is 4.45. The minimum Gasteiger partial charge on any atom is -0.395 e. The fraction of sp³-hybridized carbons (Fsp3) is 0.846. The monoisotopic (exact) mass is 306 g/mol. The summed E-state index contributed by atoms with van der Waals surface area (Å²) in [6.07, 6.45) is 1.89. The van der Waals surface area contributed by atoms with Crippen LogP contribution in [0.5, 0.6) is 0 Å². The Morgan fingerprint density at radius 1 is 0.842 bits per heavy atom. The van der Waals surface area contributed by atoms with Gasteiger partial charge in [0.05, 0.1) is 0 Å². The first kappa shape index (κ1) is 19.0. The Morgan fingerprint density at radius 3 is 1.58 bits per heavy atom. The molecule has 0 rings (SSSR count). The third-order valence-corrected chi connectivity index (χ3v) is 11.8. The van der Waals surface area contributed by atoms with E-state index in [1.807, 2.05) is 33.8 Å². The molecule has 0 spiro atoms. The molecule has 0 aromatic carbocycles. The summed E-state index contributed by atoms with van der Waals surface area (Å²) >= 11 is 0. The summed E-state index contributed by atoms with van der Waals surface area (Å²) in [6, 6.07) is 0.775. The van der Waals surface area contributed by atoms with Gasteiger partial charge in [0.1, 0.15) is 0 Å². The first-order chi connectivity index (χ1) is 9.01. The molecule has 0 atom stereocenters. The van der Waals surface area contributed by atoms with Crippen LogP contribution >= 0.6 is 0 Å². The molecular formula is C13H30O4Si2. The fourth-order valence-electron chi connectivity index (χ4n) is 2.32. The third kappa shape index (κ3) is 6.83. The van der Waals surface area contributed by atoms with Crippen molar-refractivity contribution in [2.24, 2.45) is 0 Å². The number of hydrogen-bond acceptors (Lipinski definition) is 4. The largest absolute Gasteiger partial charge is 0.395 e. The lowest BCUT2D eigenvalue weighted by Gasteiger charge is -2.36. The zero-order valence-corrected chi connectivity index (χ0v) is 15.2. The highest BCUT2D eigenvalue weighted by atomic mass is 28.4. The Kier molecular flexibility index (Phi) is 9.85. The van der Waals surface area contributed by atoms with Crippen LogP contribution < -0.4 is 0 Å². The summed E-state index contributed by atoms with van der Waals surface area (Å²) in [5.41, 5.74) is 0.787. The van der Waals surface area contributed by atoms with E-state index in [0.29, 0.717) is 26.4 Å². The quantitative estimate of drug-likeness (QED) is 0.409. The van der Waals surface area contributed by atoms with E-state index in [0.717, 1.165) is 11.7 Å². The van der Waals surface area contributed by atoms with Crippen molar-refractivity contribution in [2.75, 3.05) is 26.4 Å². The number of allylic oxidation sites excluding steroid dienone is 1. The molecule has 0 heterocycles. The summed E-state index contributed by atoms with van der Waals surface area (Å²) in [5, 5.41) is 0. The highest BCUT2D eigenvalue weighted by Gasteiger charge is 2.47. The molecule has 0 radical (unpaired) electrons. The topological polar surface area (TPSA) is 36.9 Å². The van der Waals surface area contributed by atoms with Crippen LogP contribution in [0.2, 0.25) is 18.3 Å². The zero-order valence-electron chi connectivity index (χ0n) is 13.2. The standard InChI is InChI=1S/C13H30O4Si2/c1-7-12-19(16-10-4,17-11-5)13-18(6,14-8-2)15-9-3/h7H,1,8-13H2,2-6H3. The summed E-state index contributed by atoms with van der Waals surface area (Å²) in [4.78, 5) is 0. The van der Waals surface area contributed by atoms with Gasteiger partial charge in [0.25, 0.3) is 0 Å².